The van der Waals surface area contributed by atoms with E-state index in [1.54, 1.807) is 0 Å². The van der Waals surface area contributed by atoms with Crippen LogP contribution in [0.2, 0.25) is 0 Å². The van der Waals surface area contributed by atoms with E-state index in [0.717, 1.165) is 108 Å². The van der Waals surface area contributed by atoms with Crippen molar-refractivity contribution in [2.24, 2.45) is 11.8 Å². The summed E-state index contributed by atoms with van der Waals surface area (Å²) in [6.45, 7) is 9.47. The van der Waals surface area contributed by atoms with Crippen molar-refractivity contribution in [2.45, 2.75) is 387 Å². The molecule has 0 bridgehead atoms. The normalized spacial score (nSPS) is 14.1. The fraction of sp³-hybridized carbons (Fsp3) is 0.944. The minimum Gasteiger partial charge on any atom is -0.462 e. The van der Waals surface area contributed by atoms with Gasteiger partial charge in [-0.15, -0.1) is 0 Å². The first-order chi connectivity index (χ1) is 43.9. The molecule has 0 aromatic heterocycles. The molecule has 3 N–H and O–H groups in total. The minimum absolute atomic E-state index is 0.104. The van der Waals surface area contributed by atoms with Gasteiger partial charge in [0.05, 0.1) is 26.4 Å². The van der Waals surface area contributed by atoms with Crippen molar-refractivity contribution in [3.63, 3.8) is 0 Å². The molecule has 2 unspecified atom stereocenters. The van der Waals surface area contributed by atoms with Crippen LogP contribution in [0.1, 0.15) is 369 Å². The van der Waals surface area contributed by atoms with E-state index in [4.69, 9.17) is 37.0 Å². The maximum atomic E-state index is 13.0. The van der Waals surface area contributed by atoms with Gasteiger partial charge in [0.15, 0.2) is 12.2 Å². The van der Waals surface area contributed by atoms with Gasteiger partial charge in [-0.3, -0.25) is 37.3 Å². The van der Waals surface area contributed by atoms with Gasteiger partial charge >= 0.3 is 39.5 Å². The van der Waals surface area contributed by atoms with Crippen molar-refractivity contribution >= 4 is 39.5 Å². The molecule has 0 aliphatic heterocycles. The third kappa shape index (κ3) is 66.5. The predicted octanol–water partition coefficient (Wildman–Crippen LogP) is 20.8. The highest BCUT2D eigenvalue weighted by Crippen LogP contribution is 2.45. The number of aliphatic hydroxyl groups is 1. The van der Waals surface area contributed by atoms with E-state index < -0.39 is 97.5 Å². The van der Waals surface area contributed by atoms with Crippen molar-refractivity contribution < 1.29 is 80.2 Å². The van der Waals surface area contributed by atoms with E-state index in [0.29, 0.717) is 25.7 Å². The highest BCUT2D eigenvalue weighted by atomic mass is 31.2. The van der Waals surface area contributed by atoms with Crippen molar-refractivity contribution in [1.82, 2.24) is 0 Å². The summed E-state index contributed by atoms with van der Waals surface area (Å²) in [7, 11) is -9.89. The van der Waals surface area contributed by atoms with E-state index in [9.17, 15) is 43.2 Å². The molecule has 0 aliphatic carbocycles. The van der Waals surface area contributed by atoms with Crippen LogP contribution in [0.3, 0.4) is 0 Å². The molecular weight excluding hydrogens is 1200 g/mol. The fourth-order valence-corrected chi connectivity index (χ4v) is 12.5. The average Bonchev–Trinajstić information content (AvgIpc) is 3.70. The Kier molecular flexibility index (Phi) is 62.7. The van der Waals surface area contributed by atoms with Crippen LogP contribution in [-0.4, -0.2) is 96.7 Å². The number of esters is 4. The molecule has 540 valence electrons. The predicted molar refractivity (Wildman–Crippen MR) is 368 cm³/mol. The lowest BCUT2D eigenvalue weighted by Crippen LogP contribution is -2.30. The Hall–Kier alpha value is -1.94. The maximum Gasteiger partial charge on any atom is 0.472 e. The van der Waals surface area contributed by atoms with Crippen molar-refractivity contribution in [2.75, 3.05) is 39.6 Å². The van der Waals surface area contributed by atoms with Gasteiger partial charge in [-0.1, -0.05) is 318 Å². The van der Waals surface area contributed by atoms with Gasteiger partial charge in [-0.05, 0) is 37.5 Å². The van der Waals surface area contributed by atoms with E-state index in [2.05, 4.69) is 41.5 Å². The molecule has 0 spiro atoms. The third-order valence-electron chi connectivity index (χ3n) is 16.7. The van der Waals surface area contributed by atoms with Gasteiger partial charge in [0.1, 0.15) is 19.3 Å². The molecule has 19 heteroatoms. The Morgan fingerprint density at radius 3 is 0.747 bits per heavy atom. The van der Waals surface area contributed by atoms with Gasteiger partial charge < -0.3 is 33.8 Å². The van der Waals surface area contributed by atoms with Crippen LogP contribution >= 0.6 is 15.6 Å². The summed E-state index contributed by atoms with van der Waals surface area (Å²) >= 11 is 0. The standard InChI is InChI=1S/C72H140O17P2/c1-7-9-11-13-14-15-16-17-18-19-20-21-24-28-33-38-44-50-56-71(76)89-68(61-83-70(75)55-49-43-37-32-27-25-22-23-26-30-35-41-46-52-64(3)4)63-87-91(80,81)85-59-66(73)58-84-90(78,79)86-62-67(60-82-69(74)54-48-40-12-10-8-2)88-72(77)57-51-45-39-34-29-31-36-42-47-53-65(5)6/h64-68,73H,7-63H2,1-6H3,(H,78,79)(H,80,81)/t66-,67+,68+/m0/s1. The van der Waals surface area contributed by atoms with E-state index in [1.165, 1.54) is 180 Å². The van der Waals surface area contributed by atoms with Crippen molar-refractivity contribution in [1.29, 1.82) is 0 Å². The summed E-state index contributed by atoms with van der Waals surface area (Å²) in [5.74, 6) is -0.605. The Labute approximate surface area is 556 Å². The molecule has 5 atom stereocenters. The Bertz CT molecular complexity index is 1770. The first-order valence-electron chi connectivity index (χ1n) is 37.5. The van der Waals surface area contributed by atoms with Crippen LogP contribution in [0.15, 0.2) is 0 Å². The van der Waals surface area contributed by atoms with Crippen LogP contribution < -0.4 is 0 Å². The number of hydrogen-bond acceptors (Lipinski definition) is 15. The molecule has 91 heavy (non-hydrogen) atoms. The summed E-state index contributed by atoms with van der Waals surface area (Å²) in [6.07, 6.45) is 50.4. The number of rotatable bonds is 71. The molecule has 0 aromatic rings. The van der Waals surface area contributed by atoms with Gasteiger partial charge in [-0.25, -0.2) is 9.13 Å². The molecule has 0 aromatic carbocycles. The molecule has 0 saturated carbocycles. The maximum absolute atomic E-state index is 13.0. The molecule has 0 fully saturated rings. The molecule has 0 saturated heterocycles. The summed E-state index contributed by atoms with van der Waals surface area (Å²) < 4.78 is 68.2. The van der Waals surface area contributed by atoms with Gasteiger partial charge in [0.25, 0.3) is 0 Å². The summed E-state index contributed by atoms with van der Waals surface area (Å²) in [6, 6.07) is 0. The first-order valence-corrected chi connectivity index (χ1v) is 40.5. The Balaban J connectivity index is 5.15. The minimum atomic E-state index is -4.95. The second-order valence-electron chi connectivity index (χ2n) is 26.9. The van der Waals surface area contributed by atoms with Gasteiger partial charge in [-0.2, -0.15) is 0 Å². The lowest BCUT2D eigenvalue weighted by molar-refractivity contribution is -0.161. The SMILES string of the molecule is CCCCCCCCCCCCCCCCCCCCC(=O)O[C@H](COC(=O)CCCCCCCCCCCCCCCC(C)C)COP(=O)(O)OC[C@@H](O)COP(=O)(O)OC[C@@H](COC(=O)CCCCCCC)OC(=O)CCCCCCCCCCCC(C)C. The highest BCUT2D eigenvalue weighted by molar-refractivity contribution is 7.47. The Morgan fingerprint density at radius 1 is 0.297 bits per heavy atom. The van der Waals surface area contributed by atoms with E-state index >= 15 is 0 Å². The van der Waals surface area contributed by atoms with Gasteiger partial charge in [0, 0.05) is 25.7 Å². The number of hydrogen-bond donors (Lipinski definition) is 3. The number of phosphoric acid groups is 2. The smallest absolute Gasteiger partial charge is 0.462 e. The van der Waals surface area contributed by atoms with Crippen LogP contribution in [0.5, 0.6) is 0 Å². The zero-order chi connectivity index (χ0) is 67.2. The fourth-order valence-electron chi connectivity index (χ4n) is 10.9. The summed E-state index contributed by atoms with van der Waals surface area (Å²) in [4.78, 5) is 72.4. The zero-order valence-electron chi connectivity index (χ0n) is 59.1. The average molecular weight is 1340 g/mol. The number of aliphatic hydroxyl groups excluding tert-OH is 1. The van der Waals surface area contributed by atoms with Crippen LogP contribution in [0.25, 0.3) is 0 Å². The zero-order valence-corrected chi connectivity index (χ0v) is 60.9. The van der Waals surface area contributed by atoms with Gasteiger partial charge in [0.2, 0.25) is 0 Å². The monoisotopic (exact) mass is 1340 g/mol. The quantitative estimate of drug-likeness (QED) is 0.0222. The number of carbonyl (C=O) groups excluding carboxylic acids is 4. The lowest BCUT2D eigenvalue weighted by Gasteiger charge is -2.21. The van der Waals surface area contributed by atoms with E-state index in [1.807, 2.05) is 0 Å². The van der Waals surface area contributed by atoms with Crippen molar-refractivity contribution in [3.8, 4) is 0 Å². The number of carbonyl (C=O) groups is 4. The first kappa shape index (κ1) is 89.1. The molecule has 0 rings (SSSR count). The number of unbranched alkanes of at least 4 members (excludes halogenated alkanes) is 41. The summed E-state index contributed by atoms with van der Waals surface area (Å²) in [5, 5.41) is 10.6. The van der Waals surface area contributed by atoms with Crippen LogP contribution in [-0.2, 0) is 65.4 Å². The van der Waals surface area contributed by atoms with E-state index in [-0.39, 0.29) is 25.7 Å². The summed E-state index contributed by atoms with van der Waals surface area (Å²) in [5.41, 5.74) is 0. The Morgan fingerprint density at radius 2 is 0.505 bits per heavy atom. The van der Waals surface area contributed by atoms with Crippen LogP contribution in [0.4, 0.5) is 0 Å². The lowest BCUT2D eigenvalue weighted by atomic mass is 10.0. The molecular formula is C72H140O17P2. The molecule has 17 nitrogen and oxygen atoms in total. The largest absolute Gasteiger partial charge is 0.472 e. The molecule has 0 radical (unpaired) electrons. The second-order valence-corrected chi connectivity index (χ2v) is 29.8. The van der Waals surface area contributed by atoms with Crippen molar-refractivity contribution in [3.05, 3.63) is 0 Å². The van der Waals surface area contributed by atoms with Crippen LogP contribution in [0, 0.1) is 11.8 Å². The number of phosphoric ester groups is 2. The number of ether oxygens (including phenoxy) is 4. The molecule has 0 amide bonds. The highest BCUT2D eigenvalue weighted by Gasteiger charge is 2.30. The molecule has 0 heterocycles. The molecule has 0 aliphatic rings. The third-order valence-corrected chi connectivity index (χ3v) is 18.6. The second kappa shape index (κ2) is 64.1. The topological polar surface area (TPSA) is 237 Å².